The van der Waals surface area contributed by atoms with Gasteiger partial charge >= 0.3 is 0 Å². The highest BCUT2D eigenvalue weighted by Gasteiger charge is 2.16. The van der Waals surface area contributed by atoms with Gasteiger partial charge in [-0.1, -0.05) is 45.7 Å². The summed E-state index contributed by atoms with van der Waals surface area (Å²) in [6.07, 6.45) is 4.95. The predicted molar refractivity (Wildman–Crippen MR) is 88.3 cm³/mol. The van der Waals surface area contributed by atoms with Crippen molar-refractivity contribution < 1.29 is 0 Å². The number of nitrogens with two attached hydrogens (primary N) is 1. The summed E-state index contributed by atoms with van der Waals surface area (Å²) < 4.78 is 1.00. The SMILES string of the molecule is NC(c1ccc2c(c1)CCCC2)c1cc(Br)ccc1Cl. The Morgan fingerprint density at radius 2 is 1.75 bits per heavy atom. The van der Waals surface area contributed by atoms with Crippen molar-refractivity contribution >= 4 is 27.5 Å². The van der Waals surface area contributed by atoms with Crippen LogP contribution in [0, 0.1) is 0 Å². The second-order valence-corrected chi connectivity index (χ2v) is 6.70. The number of rotatable bonds is 2. The molecule has 0 bridgehead atoms. The molecule has 2 aromatic rings. The lowest BCUT2D eigenvalue weighted by atomic mass is 9.88. The molecule has 0 saturated heterocycles. The van der Waals surface area contributed by atoms with Crippen LogP contribution >= 0.6 is 27.5 Å². The summed E-state index contributed by atoms with van der Waals surface area (Å²) in [5.74, 6) is 0. The molecule has 2 N–H and O–H groups in total. The van der Waals surface area contributed by atoms with Gasteiger partial charge in [0.25, 0.3) is 0 Å². The van der Waals surface area contributed by atoms with E-state index in [0.29, 0.717) is 0 Å². The monoisotopic (exact) mass is 349 g/mol. The zero-order valence-corrected chi connectivity index (χ0v) is 13.5. The van der Waals surface area contributed by atoms with E-state index in [1.54, 1.807) is 0 Å². The Morgan fingerprint density at radius 1 is 1.00 bits per heavy atom. The minimum atomic E-state index is -0.174. The fraction of sp³-hybridized carbons (Fsp3) is 0.294. The molecule has 0 aromatic heterocycles. The highest BCUT2D eigenvalue weighted by atomic mass is 79.9. The van der Waals surface area contributed by atoms with Crippen LogP contribution in [0.1, 0.15) is 41.1 Å². The summed E-state index contributed by atoms with van der Waals surface area (Å²) in [5, 5.41) is 0.721. The zero-order valence-electron chi connectivity index (χ0n) is 11.2. The van der Waals surface area contributed by atoms with Crippen molar-refractivity contribution in [3.8, 4) is 0 Å². The molecule has 0 fully saturated rings. The van der Waals surface area contributed by atoms with Crippen LogP contribution in [0.5, 0.6) is 0 Å². The standard InChI is InChI=1S/C17H17BrClN/c18-14-7-8-16(19)15(10-14)17(20)13-6-5-11-3-1-2-4-12(11)9-13/h5-10,17H,1-4,20H2. The Morgan fingerprint density at radius 3 is 2.55 bits per heavy atom. The first-order chi connectivity index (χ1) is 9.65. The lowest BCUT2D eigenvalue weighted by Crippen LogP contribution is -2.14. The fourth-order valence-corrected chi connectivity index (χ4v) is 3.49. The van der Waals surface area contributed by atoms with E-state index in [1.165, 1.54) is 36.8 Å². The van der Waals surface area contributed by atoms with Gasteiger partial charge in [-0.3, -0.25) is 0 Å². The van der Waals surface area contributed by atoms with Gasteiger partial charge in [-0.15, -0.1) is 0 Å². The number of benzene rings is 2. The normalized spacial score (nSPS) is 15.8. The second-order valence-electron chi connectivity index (χ2n) is 5.38. The third-order valence-electron chi connectivity index (χ3n) is 4.02. The summed E-state index contributed by atoms with van der Waals surface area (Å²) in [6, 6.07) is 12.3. The van der Waals surface area contributed by atoms with E-state index >= 15 is 0 Å². The predicted octanol–water partition coefficient (Wildman–Crippen LogP) is 5.03. The van der Waals surface area contributed by atoms with Gasteiger partial charge in [-0.05, 0) is 66.1 Å². The molecule has 3 heteroatoms. The van der Waals surface area contributed by atoms with Crippen LogP contribution < -0.4 is 5.73 Å². The third-order valence-corrected chi connectivity index (χ3v) is 4.86. The summed E-state index contributed by atoms with van der Waals surface area (Å²) in [4.78, 5) is 0. The molecule has 20 heavy (non-hydrogen) atoms. The number of aryl methyl sites for hydroxylation is 2. The first kappa shape index (κ1) is 14.1. The minimum Gasteiger partial charge on any atom is -0.320 e. The molecular weight excluding hydrogens is 334 g/mol. The van der Waals surface area contributed by atoms with Gasteiger partial charge in [-0.2, -0.15) is 0 Å². The molecule has 104 valence electrons. The molecule has 1 aliphatic carbocycles. The fourth-order valence-electron chi connectivity index (χ4n) is 2.88. The number of fused-ring (bicyclic) bond motifs is 1. The minimum absolute atomic E-state index is 0.174. The first-order valence-corrected chi connectivity index (χ1v) is 8.14. The maximum absolute atomic E-state index is 6.41. The molecule has 2 aromatic carbocycles. The Kier molecular flexibility index (Phi) is 4.16. The maximum Gasteiger partial charge on any atom is 0.0566 e. The lowest BCUT2D eigenvalue weighted by Gasteiger charge is -2.20. The van der Waals surface area contributed by atoms with Crippen LogP contribution in [-0.4, -0.2) is 0 Å². The summed E-state index contributed by atoms with van der Waals surface area (Å²) in [5.41, 5.74) is 11.5. The van der Waals surface area contributed by atoms with E-state index in [0.717, 1.165) is 20.6 Å². The van der Waals surface area contributed by atoms with Crippen LogP contribution in [-0.2, 0) is 12.8 Å². The van der Waals surface area contributed by atoms with Crippen molar-refractivity contribution in [2.75, 3.05) is 0 Å². The smallest absolute Gasteiger partial charge is 0.0566 e. The summed E-state index contributed by atoms with van der Waals surface area (Å²) in [7, 11) is 0. The van der Waals surface area contributed by atoms with Gasteiger partial charge in [0.2, 0.25) is 0 Å². The van der Waals surface area contributed by atoms with Crippen LogP contribution in [0.25, 0.3) is 0 Å². The average molecular weight is 351 g/mol. The van der Waals surface area contributed by atoms with E-state index in [2.05, 4.69) is 34.1 Å². The van der Waals surface area contributed by atoms with E-state index < -0.39 is 0 Å². The molecule has 3 rings (SSSR count). The van der Waals surface area contributed by atoms with Gasteiger partial charge in [-0.25, -0.2) is 0 Å². The molecule has 0 amide bonds. The van der Waals surface area contributed by atoms with Crippen LogP contribution in [0.2, 0.25) is 5.02 Å². The van der Waals surface area contributed by atoms with Crippen molar-refractivity contribution in [1.82, 2.24) is 0 Å². The number of hydrogen-bond donors (Lipinski definition) is 1. The third kappa shape index (κ3) is 2.78. The van der Waals surface area contributed by atoms with Crippen molar-refractivity contribution in [2.45, 2.75) is 31.7 Å². The first-order valence-electron chi connectivity index (χ1n) is 6.97. The van der Waals surface area contributed by atoms with Gasteiger partial charge in [0, 0.05) is 9.50 Å². The van der Waals surface area contributed by atoms with Crippen molar-refractivity contribution in [1.29, 1.82) is 0 Å². The van der Waals surface area contributed by atoms with E-state index in [1.807, 2.05) is 18.2 Å². The molecule has 0 saturated carbocycles. The Hall–Kier alpha value is -0.830. The van der Waals surface area contributed by atoms with E-state index in [-0.39, 0.29) is 6.04 Å². The topological polar surface area (TPSA) is 26.0 Å². The molecule has 0 aliphatic heterocycles. The summed E-state index contributed by atoms with van der Waals surface area (Å²) >= 11 is 9.77. The van der Waals surface area contributed by atoms with Crippen LogP contribution in [0.3, 0.4) is 0 Å². The quantitative estimate of drug-likeness (QED) is 0.807. The van der Waals surface area contributed by atoms with Gasteiger partial charge in [0.05, 0.1) is 6.04 Å². The zero-order chi connectivity index (χ0) is 14.1. The highest BCUT2D eigenvalue weighted by Crippen LogP contribution is 2.31. The lowest BCUT2D eigenvalue weighted by molar-refractivity contribution is 0.682. The molecule has 1 atom stereocenters. The molecule has 1 unspecified atom stereocenters. The number of halogens is 2. The van der Waals surface area contributed by atoms with Gasteiger partial charge in [0.1, 0.15) is 0 Å². The second kappa shape index (κ2) is 5.88. The van der Waals surface area contributed by atoms with Gasteiger partial charge in [0.15, 0.2) is 0 Å². The highest BCUT2D eigenvalue weighted by molar-refractivity contribution is 9.10. The summed E-state index contributed by atoms with van der Waals surface area (Å²) in [6.45, 7) is 0. The average Bonchev–Trinajstić information content (AvgIpc) is 2.48. The molecule has 0 heterocycles. The largest absolute Gasteiger partial charge is 0.320 e. The van der Waals surface area contributed by atoms with Crippen LogP contribution in [0.15, 0.2) is 40.9 Å². The molecule has 1 aliphatic rings. The molecule has 0 spiro atoms. The van der Waals surface area contributed by atoms with Crippen molar-refractivity contribution in [3.05, 3.63) is 68.1 Å². The van der Waals surface area contributed by atoms with Crippen molar-refractivity contribution in [3.63, 3.8) is 0 Å². The number of hydrogen-bond acceptors (Lipinski definition) is 1. The molecule has 1 nitrogen and oxygen atoms in total. The maximum atomic E-state index is 6.41. The molecular formula is C17H17BrClN. The molecule has 0 radical (unpaired) electrons. The Bertz CT molecular complexity index is 639. The van der Waals surface area contributed by atoms with Crippen molar-refractivity contribution in [2.24, 2.45) is 5.73 Å². The Balaban J connectivity index is 1.97. The van der Waals surface area contributed by atoms with E-state index in [9.17, 15) is 0 Å². The van der Waals surface area contributed by atoms with Crippen LogP contribution in [0.4, 0.5) is 0 Å². The van der Waals surface area contributed by atoms with Gasteiger partial charge < -0.3 is 5.73 Å². The Labute approximate surface area is 133 Å². The van der Waals surface area contributed by atoms with E-state index in [4.69, 9.17) is 17.3 Å².